The molecule has 6 heteroatoms. The van der Waals surface area contributed by atoms with E-state index >= 15 is 0 Å². The highest BCUT2D eigenvalue weighted by Gasteiger charge is 2.50. The van der Waals surface area contributed by atoms with Crippen LogP contribution in [0.15, 0.2) is 42.5 Å². The molecule has 0 fully saturated rings. The normalized spacial score (nSPS) is 13.8. The smallest absolute Gasteiger partial charge is 0.340 e. The van der Waals surface area contributed by atoms with Gasteiger partial charge in [0.2, 0.25) is 0 Å². The topological polar surface area (TPSA) is 104 Å². The SMILES string of the molecule is CCCc1cc(C2(c3cc(O)c(CCC)c(CCC)c3)OC(=O)c3ccc(C(=O)O)cc32)cc(O)c1CCC. The van der Waals surface area contributed by atoms with E-state index in [4.69, 9.17) is 4.74 Å². The predicted octanol–water partition coefficient (Wildman–Crippen LogP) is 7.07. The highest BCUT2D eigenvalue weighted by Crippen LogP contribution is 2.50. The molecule has 0 saturated carbocycles. The first-order chi connectivity index (χ1) is 18.7. The van der Waals surface area contributed by atoms with Gasteiger partial charge in [0.05, 0.1) is 11.1 Å². The van der Waals surface area contributed by atoms with Crippen molar-refractivity contribution in [3.05, 3.63) is 92.5 Å². The van der Waals surface area contributed by atoms with Crippen molar-refractivity contribution in [2.24, 2.45) is 0 Å². The first-order valence-corrected chi connectivity index (χ1v) is 14.0. The van der Waals surface area contributed by atoms with Gasteiger partial charge in [0.1, 0.15) is 11.5 Å². The highest BCUT2D eigenvalue weighted by atomic mass is 16.6. The van der Waals surface area contributed by atoms with Gasteiger partial charge in [-0.3, -0.25) is 0 Å². The predicted molar refractivity (Wildman–Crippen MR) is 151 cm³/mol. The van der Waals surface area contributed by atoms with Crippen molar-refractivity contribution in [3.8, 4) is 11.5 Å². The molecule has 0 unspecified atom stereocenters. The van der Waals surface area contributed by atoms with Gasteiger partial charge >= 0.3 is 11.9 Å². The number of ether oxygens (including phenoxy) is 1. The third-order valence-corrected chi connectivity index (χ3v) is 7.60. The van der Waals surface area contributed by atoms with E-state index in [0.29, 0.717) is 29.5 Å². The molecule has 206 valence electrons. The van der Waals surface area contributed by atoms with Crippen LogP contribution in [0.3, 0.4) is 0 Å². The summed E-state index contributed by atoms with van der Waals surface area (Å²) in [6, 6.07) is 11.6. The first kappa shape index (κ1) is 28.2. The van der Waals surface area contributed by atoms with Gasteiger partial charge in [-0.05, 0) is 78.3 Å². The molecule has 6 nitrogen and oxygen atoms in total. The van der Waals surface area contributed by atoms with Crippen LogP contribution in [0.1, 0.15) is 113 Å². The van der Waals surface area contributed by atoms with E-state index in [9.17, 15) is 24.9 Å². The molecule has 0 spiro atoms. The van der Waals surface area contributed by atoms with Gasteiger partial charge < -0.3 is 20.1 Å². The number of aromatic carboxylic acids is 1. The number of aromatic hydroxyl groups is 2. The molecular weight excluding hydrogens is 492 g/mol. The molecule has 1 heterocycles. The fourth-order valence-electron chi connectivity index (χ4n) is 5.89. The van der Waals surface area contributed by atoms with Crippen LogP contribution in [0.25, 0.3) is 0 Å². The Hall–Kier alpha value is -3.80. The molecule has 4 rings (SSSR count). The Kier molecular flexibility index (Phi) is 8.34. The van der Waals surface area contributed by atoms with Crippen molar-refractivity contribution in [2.45, 2.75) is 84.7 Å². The van der Waals surface area contributed by atoms with E-state index in [1.54, 1.807) is 12.1 Å². The summed E-state index contributed by atoms with van der Waals surface area (Å²) < 4.78 is 6.25. The molecule has 3 aromatic carbocycles. The molecular formula is C33H38O6. The molecule has 0 aromatic heterocycles. The number of phenols is 2. The number of carboxylic acid groups (broad SMARTS) is 1. The highest BCUT2D eigenvalue weighted by molar-refractivity contribution is 5.98. The largest absolute Gasteiger partial charge is 0.508 e. The van der Waals surface area contributed by atoms with E-state index in [2.05, 4.69) is 27.7 Å². The minimum absolute atomic E-state index is 0.0256. The van der Waals surface area contributed by atoms with Crippen LogP contribution in [0.4, 0.5) is 0 Å². The van der Waals surface area contributed by atoms with Crippen LogP contribution >= 0.6 is 0 Å². The monoisotopic (exact) mass is 530 g/mol. The number of rotatable bonds is 11. The van der Waals surface area contributed by atoms with Crippen LogP contribution in [0, 0.1) is 0 Å². The minimum atomic E-state index is -1.53. The zero-order valence-corrected chi connectivity index (χ0v) is 23.3. The lowest BCUT2D eigenvalue weighted by Crippen LogP contribution is -2.30. The van der Waals surface area contributed by atoms with E-state index in [1.807, 2.05) is 12.1 Å². The van der Waals surface area contributed by atoms with E-state index in [1.165, 1.54) is 18.2 Å². The van der Waals surface area contributed by atoms with Gasteiger partial charge in [-0.1, -0.05) is 65.5 Å². The first-order valence-electron chi connectivity index (χ1n) is 14.0. The van der Waals surface area contributed by atoms with Crippen LogP contribution in [-0.2, 0) is 36.0 Å². The third-order valence-electron chi connectivity index (χ3n) is 7.60. The van der Waals surface area contributed by atoms with Crippen molar-refractivity contribution < 1.29 is 29.6 Å². The van der Waals surface area contributed by atoms with Crippen LogP contribution in [0.2, 0.25) is 0 Å². The number of fused-ring (bicyclic) bond motifs is 1. The minimum Gasteiger partial charge on any atom is -0.508 e. The Bertz CT molecular complexity index is 1340. The van der Waals surface area contributed by atoms with Crippen molar-refractivity contribution >= 4 is 11.9 Å². The van der Waals surface area contributed by atoms with Crippen molar-refractivity contribution in [1.82, 2.24) is 0 Å². The Balaban J connectivity index is 2.11. The number of benzene rings is 3. The van der Waals surface area contributed by atoms with Crippen molar-refractivity contribution in [1.29, 1.82) is 0 Å². The van der Waals surface area contributed by atoms with Gasteiger partial charge in [0, 0.05) is 16.7 Å². The standard InChI is InChI=1S/C33H38O6/c1-5-9-20-15-23(18-29(34)25(20)11-7-3)33(24-16-21(10-6-2)26(12-8-4)30(35)19-24)28-17-22(31(36)37)13-14-27(28)32(38)39-33/h13-19,34-35H,5-12H2,1-4H3,(H,36,37). The molecule has 0 atom stereocenters. The number of carbonyl (C=O) groups excluding carboxylic acids is 1. The van der Waals surface area contributed by atoms with Crippen LogP contribution < -0.4 is 0 Å². The van der Waals surface area contributed by atoms with Gasteiger partial charge in [0.15, 0.2) is 5.60 Å². The second kappa shape index (κ2) is 11.5. The van der Waals surface area contributed by atoms with Gasteiger partial charge in [-0.2, -0.15) is 0 Å². The summed E-state index contributed by atoms with van der Waals surface area (Å²) in [5.41, 5.74) is 3.88. The second-order valence-corrected chi connectivity index (χ2v) is 10.4. The Morgan fingerprint density at radius 3 is 1.67 bits per heavy atom. The van der Waals surface area contributed by atoms with Crippen LogP contribution in [-0.4, -0.2) is 27.3 Å². The molecule has 0 aliphatic carbocycles. The third kappa shape index (κ3) is 5.00. The van der Waals surface area contributed by atoms with E-state index < -0.39 is 17.5 Å². The summed E-state index contributed by atoms with van der Waals surface area (Å²) >= 11 is 0. The zero-order valence-electron chi connectivity index (χ0n) is 23.3. The number of aryl methyl sites for hydroxylation is 2. The molecule has 0 amide bonds. The Labute approximate surface area is 230 Å². The lowest BCUT2D eigenvalue weighted by atomic mass is 9.76. The zero-order chi connectivity index (χ0) is 28.3. The molecule has 0 saturated heterocycles. The van der Waals surface area contributed by atoms with E-state index in [0.717, 1.165) is 60.8 Å². The van der Waals surface area contributed by atoms with Gasteiger partial charge in [-0.25, -0.2) is 9.59 Å². The number of cyclic esters (lactones) is 1. The molecule has 1 aliphatic rings. The maximum atomic E-state index is 13.3. The summed E-state index contributed by atoms with van der Waals surface area (Å²) in [5.74, 6) is -1.45. The Morgan fingerprint density at radius 2 is 1.23 bits per heavy atom. The fourth-order valence-corrected chi connectivity index (χ4v) is 5.89. The maximum Gasteiger partial charge on any atom is 0.340 e. The molecule has 39 heavy (non-hydrogen) atoms. The summed E-state index contributed by atoms with van der Waals surface area (Å²) in [4.78, 5) is 25.3. The van der Waals surface area contributed by atoms with Gasteiger partial charge in [-0.15, -0.1) is 0 Å². The number of hydrogen-bond donors (Lipinski definition) is 3. The molecule has 1 aliphatic heterocycles. The fraction of sp³-hybridized carbons (Fsp3) is 0.394. The molecule has 0 radical (unpaired) electrons. The average molecular weight is 531 g/mol. The Morgan fingerprint density at radius 1 is 0.744 bits per heavy atom. The van der Waals surface area contributed by atoms with Crippen LogP contribution in [0.5, 0.6) is 11.5 Å². The molecule has 3 aromatic rings. The lowest BCUT2D eigenvalue weighted by molar-refractivity contribution is 0.0249. The quantitative estimate of drug-likeness (QED) is 0.229. The summed E-state index contributed by atoms with van der Waals surface area (Å²) in [5, 5.41) is 32.3. The summed E-state index contributed by atoms with van der Waals surface area (Å²) in [6.07, 6.45) is 6.32. The number of hydrogen-bond acceptors (Lipinski definition) is 5. The van der Waals surface area contributed by atoms with Crippen molar-refractivity contribution in [3.63, 3.8) is 0 Å². The number of phenolic OH excluding ortho intramolecular Hbond substituents is 2. The van der Waals surface area contributed by atoms with Crippen molar-refractivity contribution in [2.75, 3.05) is 0 Å². The number of carbonyl (C=O) groups is 2. The van der Waals surface area contributed by atoms with E-state index in [-0.39, 0.29) is 22.6 Å². The molecule has 3 N–H and O–H groups in total. The number of esters is 1. The molecule has 0 bridgehead atoms. The van der Waals surface area contributed by atoms with Gasteiger partial charge in [0.25, 0.3) is 0 Å². The maximum absolute atomic E-state index is 13.3. The lowest BCUT2D eigenvalue weighted by Gasteiger charge is -2.32. The average Bonchev–Trinajstić information content (AvgIpc) is 3.20. The number of carboxylic acids is 1. The summed E-state index contributed by atoms with van der Waals surface area (Å²) in [7, 11) is 0. The summed E-state index contributed by atoms with van der Waals surface area (Å²) in [6.45, 7) is 8.26. The second-order valence-electron chi connectivity index (χ2n) is 10.4.